The molecule has 2 aromatic rings. The van der Waals surface area contributed by atoms with Crippen LogP contribution in [0.1, 0.15) is 42.9 Å². The van der Waals surface area contributed by atoms with Crippen LogP contribution in [0.4, 0.5) is 4.79 Å². The monoisotopic (exact) mass is 372 g/mol. The minimum atomic E-state index is -0.446. The average molecular weight is 372 g/mol. The number of ether oxygens (including phenoxy) is 1. The lowest BCUT2D eigenvalue weighted by Crippen LogP contribution is -2.31. The SMILES string of the molecule is O=C(NCCCC(=O)N1CCCC1c1ccsc1)OCc1ccccc1. The number of rotatable bonds is 7. The fraction of sp³-hybridized carbons (Fsp3) is 0.400. The van der Waals surface area contributed by atoms with Gasteiger partial charge in [-0.2, -0.15) is 11.3 Å². The lowest BCUT2D eigenvalue weighted by Gasteiger charge is -2.24. The Morgan fingerprint density at radius 3 is 2.85 bits per heavy atom. The van der Waals surface area contributed by atoms with E-state index in [4.69, 9.17) is 4.74 Å². The lowest BCUT2D eigenvalue weighted by atomic mass is 10.1. The minimum Gasteiger partial charge on any atom is -0.445 e. The summed E-state index contributed by atoms with van der Waals surface area (Å²) in [5, 5.41) is 6.89. The Hall–Kier alpha value is -2.34. The van der Waals surface area contributed by atoms with Crippen LogP contribution in [-0.2, 0) is 16.1 Å². The van der Waals surface area contributed by atoms with Gasteiger partial charge in [0.25, 0.3) is 0 Å². The number of nitrogens with one attached hydrogen (secondary N) is 1. The molecule has 0 saturated carbocycles. The molecule has 26 heavy (non-hydrogen) atoms. The van der Waals surface area contributed by atoms with E-state index >= 15 is 0 Å². The van der Waals surface area contributed by atoms with Crippen LogP contribution in [0.2, 0.25) is 0 Å². The molecule has 0 radical (unpaired) electrons. The van der Waals surface area contributed by atoms with Crippen LogP contribution >= 0.6 is 11.3 Å². The van der Waals surface area contributed by atoms with Crippen molar-refractivity contribution in [2.24, 2.45) is 0 Å². The third-order valence-electron chi connectivity index (χ3n) is 4.55. The van der Waals surface area contributed by atoms with E-state index in [1.165, 1.54) is 5.56 Å². The molecule has 1 atom stereocenters. The van der Waals surface area contributed by atoms with Crippen molar-refractivity contribution in [2.75, 3.05) is 13.1 Å². The van der Waals surface area contributed by atoms with E-state index < -0.39 is 6.09 Å². The number of carbonyl (C=O) groups is 2. The zero-order chi connectivity index (χ0) is 18.2. The Bertz CT molecular complexity index is 703. The summed E-state index contributed by atoms with van der Waals surface area (Å²) in [5.74, 6) is 0.165. The third kappa shape index (κ3) is 5.08. The van der Waals surface area contributed by atoms with Crippen LogP contribution < -0.4 is 5.32 Å². The van der Waals surface area contributed by atoms with Gasteiger partial charge in [-0.05, 0) is 47.2 Å². The maximum absolute atomic E-state index is 12.5. The highest BCUT2D eigenvalue weighted by Gasteiger charge is 2.29. The average Bonchev–Trinajstić information content (AvgIpc) is 3.35. The van der Waals surface area contributed by atoms with Gasteiger partial charge in [0.2, 0.25) is 5.91 Å². The molecule has 1 saturated heterocycles. The van der Waals surface area contributed by atoms with Gasteiger partial charge in [-0.25, -0.2) is 4.79 Å². The second kappa shape index (κ2) is 9.38. The first-order chi connectivity index (χ1) is 12.7. The summed E-state index contributed by atoms with van der Waals surface area (Å²) < 4.78 is 5.16. The first-order valence-corrected chi connectivity index (χ1v) is 9.94. The highest BCUT2D eigenvalue weighted by atomic mass is 32.1. The lowest BCUT2D eigenvalue weighted by molar-refractivity contribution is -0.132. The van der Waals surface area contributed by atoms with Crippen molar-refractivity contribution in [3.8, 4) is 0 Å². The molecule has 1 aliphatic rings. The highest BCUT2D eigenvalue weighted by Crippen LogP contribution is 2.33. The number of amides is 2. The molecule has 1 fully saturated rings. The van der Waals surface area contributed by atoms with Crippen LogP contribution in [0, 0.1) is 0 Å². The number of thiophene rings is 1. The second-order valence-electron chi connectivity index (χ2n) is 6.39. The van der Waals surface area contributed by atoms with E-state index in [9.17, 15) is 9.59 Å². The smallest absolute Gasteiger partial charge is 0.407 e. The summed E-state index contributed by atoms with van der Waals surface area (Å²) in [6.45, 7) is 1.52. The van der Waals surface area contributed by atoms with Gasteiger partial charge >= 0.3 is 6.09 Å². The molecule has 1 aromatic heterocycles. The predicted octanol–water partition coefficient (Wildman–Crippen LogP) is 4.12. The van der Waals surface area contributed by atoms with Crippen molar-refractivity contribution < 1.29 is 14.3 Å². The molecule has 0 spiro atoms. The largest absolute Gasteiger partial charge is 0.445 e. The molecule has 3 rings (SSSR count). The number of hydrogen-bond acceptors (Lipinski definition) is 4. The van der Waals surface area contributed by atoms with Gasteiger partial charge in [-0.1, -0.05) is 30.3 Å². The van der Waals surface area contributed by atoms with Gasteiger partial charge in [0.05, 0.1) is 6.04 Å². The summed E-state index contributed by atoms with van der Waals surface area (Å²) in [4.78, 5) is 26.2. The maximum atomic E-state index is 12.5. The van der Waals surface area contributed by atoms with Gasteiger partial charge < -0.3 is 15.0 Å². The first-order valence-electron chi connectivity index (χ1n) is 9.00. The van der Waals surface area contributed by atoms with Gasteiger partial charge in [-0.15, -0.1) is 0 Å². The molecule has 138 valence electrons. The molecular formula is C20H24N2O3S. The summed E-state index contributed by atoms with van der Waals surface area (Å²) >= 11 is 1.67. The Labute approximate surface area is 158 Å². The second-order valence-corrected chi connectivity index (χ2v) is 7.17. The topological polar surface area (TPSA) is 58.6 Å². The Balaban J connectivity index is 1.34. The zero-order valence-corrected chi connectivity index (χ0v) is 15.5. The summed E-state index contributed by atoms with van der Waals surface area (Å²) in [7, 11) is 0. The molecule has 1 aliphatic heterocycles. The van der Waals surface area contributed by atoms with E-state index in [0.717, 1.165) is 24.9 Å². The van der Waals surface area contributed by atoms with Gasteiger partial charge in [0, 0.05) is 19.5 Å². The predicted molar refractivity (Wildman–Crippen MR) is 102 cm³/mol. The van der Waals surface area contributed by atoms with E-state index in [1.54, 1.807) is 11.3 Å². The molecular weight excluding hydrogens is 348 g/mol. The van der Waals surface area contributed by atoms with Crippen LogP contribution in [-0.4, -0.2) is 30.0 Å². The quantitative estimate of drug-likeness (QED) is 0.744. The molecule has 2 heterocycles. The fourth-order valence-electron chi connectivity index (χ4n) is 3.22. The molecule has 2 amide bonds. The number of alkyl carbamates (subject to hydrolysis) is 1. The zero-order valence-electron chi connectivity index (χ0n) is 14.7. The molecule has 5 nitrogen and oxygen atoms in total. The molecule has 6 heteroatoms. The van der Waals surface area contributed by atoms with Crippen molar-refractivity contribution in [3.63, 3.8) is 0 Å². The van der Waals surface area contributed by atoms with Crippen LogP contribution in [0.5, 0.6) is 0 Å². The molecule has 0 aliphatic carbocycles. The van der Waals surface area contributed by atoms with Crippen LogP contribution in [0.15, 0.2) is 47.2 Å². The molecule has 0 bridgehead atoms. The standard InChI is InChI=1S/C20H24N2O3S/c23-19(22-12-5-8-18(22)17-10-13-26-15-17)9-4-11-21-20(24)25-14-16-6-2-1-3-7-16/h1-3,6-7,10,13,15,18H,4-5,8-9,11-12,14H2,(H,21,24). The molecule has 1 unspecified atom stereocenters. The normalized spacial score (nSPS) is 16.5. The highest BCUT2D eigenvalue weighted by molar-refractivity contribution is 7.08. The van der Waals surface area contributed by atoms with Crippen molar-refractivity contribution >= 4 is 23.3 Å². The molecule has 1 aromatic carbocycles. The molecule has 1 N–H and O–H groups in total. The number of hydrogen-bond donors (Lipinski definition) is 1. The third-order valence-corrected chi connectivity index (χ3v) is 5.25. The number of nitrogens with zero attached hydrogens (tertiary/aromatic N) is 1. The number of benzene rings is 1. The summed E-state index contributed by atoms with van der Waals surface area (Å²) in [6.07, 6.45) is 2.70. The number of carbonyl (C=O) groups excluding carboxylic acids is 2. The van der Waals surface area contributed by atoms with E-state index in [0.29, 0.717) is 19.4 Å². The van der Waals surface area contributed by atoms with Gasteiger partial charge in [-0.3, -0.25) is 4.79 Å². The van der Waals surface area contributed by atoms with Crippen molar-refractivity contribution in [3.05, 3.63) is 58.3 Å². The van der Waals surface area contributed by atoms with E-state index in [1.807, 2.05) is 35.2 Å². The fourth-order valence-corrected chi connectivity index (χ4v) is 3.93. The summed E-state index contributed by atoms with van der Waals surface area (Å²) in [6, 6.07) is 11.9. The van der Waals surface area contributed by atoms with Crippen molar-refractivity contribution in [2.45, 2.75) is 38.3 Å². The maximum Gasteiger partial charge on any atom is 0.407 e. The first kappa shape index (κ1) is 18.5. The van der Waals surface area contributed by atoms with Gasteiger partial charge in [0.1, 0.15) is 6.61 Å². The Morgan fingerprint density at radius 1 is 1.23 bits per heavy atom. The number of likely N-dealkylation sites (tertiary alicyclic amines) is 1. The van der Waals surface area contributed by atoms with Crippen LogP contribution in [0.25, 0.3) is 0 Å². The van der Waals surface area contributed by atoms with Crippen molar-refractivity contribution in [1.82, 2.24) is 10.2 Å². The van der Waals surface area contributed by atoms with Crippen molar-refractivity contribution in [1.29, 1.82) is 0 Å². The Morgan fingerprint density at radius 2 is 2.08 bits per heavy atom. The Kier molecular flexibility index (Phi) is 6.66. The van der Waals surface area contributed by atoms with Gasteiger partial charge in [0.15, 0.2) is 0 Å². The van der Waals surface area contributed by atoms with E-state index in [2.05, 4.69) is 22.1 Å². The summed E-state index contributed by atoms with van der Waals surface area (Å²) in [5.41, 5.74) is 2.19. The minimum absolute atomic E-state index is 0.165. The van der Waals surface area contributed by atoms with Crippen LogP contribution in [0.3, 0.4) is 0 Å². The van der Waals surface area contributed by atoms with E-state index in [-0.39, 0.29) is 18.6 Å².